The highest BCUT2D eigenvalue weighted by atomic mass is 35.5. The number of amides is 1. The normalized spacial score (nSPS) is 14.2. The minimum absolute atomic E-state index is 0.0379. The first-order chi connectivity index (χ1) is 10.2. The van der Waals surface area contributed by atoms with Crippen molar-refractivity contribution in [2.75, 3.05) is 18.4 Å². The lowest BCUT2D eigenvalue weighted by Gasteiger charge is -2.14. The van der Waals surface area contributed by atoms with Crippen molar-refractivity contribution in [1.29, 1.82) is 0 Å². The van der Waals surface area contributed by atoms with E-state index in [-0.39, 0.29) is 5.91 Å². The molecular weight excluding hydrogens is 288 g/mol. The summed E-state index contributed by atoms with van der Waals surface area (Å²) in [5.74, 6) is 0.541. The number of benzene rings is 1. The second-order valence-electron chi connectivity index (χ2n) is 4.92. The van der Waals surface area contributed by atoms with Crippen LogP contribution in [-0.4, -0.2) is 33.9 Å². The molecule has 1 aromatic heterocycles. The van der Waals surface area contributed by atoms with Gasteiger partial charge in [0.25, 0.3) is 5.91 Å². The van der Waals surface area contributed by atoms with Gasteiger partial charge < -0.3 is 10.2 Å². The number of anilines is 2. The standard InChI is InChI=1S/C15H15ClN4O/c16-11-4-3-5-12(8-11)19-14-9-13(17-10-18-14)15(21)20-6-1-2-7-20/h3-5,8-10H,1-2,6-7H2,(H,17,18,19). The number of hydrogen-bond acceptors (Lipinski definition) is 4. The van der Waals surface area contributed by atoms with Gasteiger partial charge >= 0.3 is 0 Å². The van der Waals surface area contributed by atoms with Gasteiger partial charge in [-0.3, -0.25) is 4.79 Å². The van der Waals surface area contributed by atoms with Crippen molar-refractivity contribution in [2.45, 2.75) is 12.8 Å². The zero-order valence-electron chi connectivity index (χ0n) is 11.4. The number of nitrogens with one attached hydrogen (secondary N) is 1. The Kier molecular flexibility index (Phi) is 4.01. The molecule has 0 radical (unpaired) electrons. The van der Waals surface area contributed by atoms with Crippen LogP contribution in [-0.2, 0) is 0 Å². The van der Waals surface area contributed by atoms with Crippen molar-refractivity contribution in [3.8, 4) is 0 Å². The summed E-state index contributed by atoms with van der Waals surface area (Å²) in [6.07, 6.45) is 3.52. The summed E-state index contributed by atoms with van der Waals surface area (Å²) < 4.78 is 0. The fraction of sp³-hybridized carbons (Fsp3) is 0.267. The van der Waals surface area contributed by atoms with Crippen LogP contribution in [0.4, 0.5) is 11.5 Å². The zero-order chi connectivity index (χ0) is 14.7. The summed E-state index contributed by atoms with van der Waals surface area (Å²) in [5, 5.41) is 3.77. The molecule has 2 heterocycles. The van der Waals surface area contributed by atoms with E-state index in [9.17, 15) is 4.79 Å². The number of likely N-dealkylation sites (tertiary alicyclic amines) is 1. The molecule has 1 aliphatic rings. The Labute approximate surface area is 128 Å². The van der Waals surface area contributed by atoms with Crippen LogP contribution in [0.1, 0.15) is 23.3 Å². The largest absolute Gasteiger partial charge is 0.340 e. The summed E-state index contributed by atoms with van der Waals surface area (Å²) >= 11 is 5.95. The number of carbonyl (C=O) groups is 1. The zero-order valence-corrected chi connectivity index (χ0v) is 12.2. The molecule has 0 saturated carbocycles. The Morgan fingerprint density at radius 1 is 1.19 bits per heavy atom. The second-order valence-corrected chi connectivity index (χ2v) is 5.36. The predicted molar refractivity (Wildman–Crippen MR) is 81.9 cm³/mol. The van der Waals surface area contributed by atoms with Gasteiger partial charge in [-0.05, 0) is 31.0 Å². The predicted octanol–water partition coefficient (Wildman–Crippen LogP) is 3.11. The quantitative estimate of drug-likeness (QED) is 0.946. The van der Waals surface area contributed by atoms with Gasteiger partial charge in [0.2, 0.25) is 0 Å². The minimum Gasteiger partial charge on any atom is -0.340 e. The number of aromatic nitrogens is 2. The molecule has 2 aromatic rings. The van der Waals surface area contributed by atoms with Crippen LogP contribution in [0.25, 0.3) is 0 Å². The fourth-order valence-electron chi connectivity index (χ4n) is 2.34. The molecule has 1 N–H and O–H groups in total. The molecule has 6 heteroatoms. The third kappa shape index (κ3) is 3.31. The highest BCUT2D eigenvalue weighted by Gasteiger charge is 2.20. The number of nitrogens with zero attached hydrogens (tertiary/aromatic N) is 3. The van der Waals surface area contributed by atoms with Gasteiger partial charge in [-0.2, -0.15) is 0 Å². The Morgan fingerprint density at radius 2 is 2.00 bits per heavy atom. The molecule has 108 valence electrons. The molecule has 1 saturated heterocycles. The maximum absolute atomic E-state index is 12.3. The van der Waals surface area contributed by atoms with E-state index in [0.29, 0.717) is 16.5 Å². The Morgan fingerprint density at radius 3 is 2.76 bits per heavy atom. The van der Waals surface area contributed by atoms with Crippen molar-refractivity contribution in [3.05, 3.63) is 47.4 Å². The number of rotatable bonds is 3. The lowest BCUT2D eigenvalue weighted by atomic mass is 10.3. The van der Waals surface area contributed by atoms with E-state index in [1.54, 1.807) is 18.2 Å². The smallest absolute Gasteiger partial charge is 0.272 e. The molecule has 0 aliphatic carbocycles. The monoisotopic (exact) mass is 302 g/mol. The Bertz CT molecular complexity index is 656. The molecule has 1 aliphatic heterocycles. The van der Waals surface area contributed by atoms with Crippen LogP contribution < -0.4 is 5.32 Å². The lowest BCUT2D eigenvalue weighted by Crippen LogP contribution is -2.28. The van der Waals surface area contributed by atoms with Crippen molar-refractivity contribution in [2.24, 2.45) is 0 Å². The van der Waals surface area contributed by atoms with Crippen LogP contribution >= 0.6 is 11.6 Å². The molecule has 5 nitrogen and oxygen atoms in total. The minimum atomic E-state index is -0.0379. The summed E-state index contributed by atoms with van der Waals surface area (Å²) in [7, 11) is 0. The van der Waals surface area contributed by atoms with Crippen molar-refractivity contribution < 1.29 is 4.79 Å². The van der Waals surface area contributed by atoms with E-state index in [2.05, 4.69) is 15.3 Å². The van der Waals surface area contributed by atoms with Gasteiger partial charge in [0.05, 0.1) is 0 Å². The molecule has 1 aromatic carbocycles. The van der Waals surface area contributed by atoms with Gasteiger partial charge in [0.15, 0.2) is 0 Å². The average Bonchev–Trinajstić information content (AvgIpc) is 3.01. The maximum Gasteiger partial charge on any atom is 0.272 e. The SMILES string of the molecule is O=C(c1cc(Nc2cccc(Cl)c2)ncn1)N1CCCC1. The van der Waals surface area contributed by atoms with Crippen molar-refractivity contribution in [3.63, 3.8) is 0 Å². The maximum atomic E-state index is 12.3. The van der Waals surface area contributed by atoms with Crippen LogP contribution in [0, 0.1) is 0 Å². The number of carbonyl (C=O) groups excluding carboxylic acids is 1. The van der Waals surface area contributed by atoms with Crippen molar-refractivity contribution >= 4 is 29.0 Å². The average molecular weight is 303 g/mol. The van der Waals surface area contributed by atoms with Gasteiger partial charge in [0, 0.05) is 29.9 Å². The van der Waals surface area contributed by atoms with E-state index in [1.807, 2.05) is 17.0 Å². The molecule has 0 spiro atoms. The van der Waals surface area contributed by atoms with Gasteiger partial charge in [-0.1, -0.05) is 17.7 Å². The van der Waals surface area contributed by atoms with E-state index < -0.39 is 0 Å². The van der Waals surface area contributed by atoms with Crippen LogP contribution in [0.15, 0.2) is 36.7 Å². The second kappa shape index (κ2) is 6.10. The third-order valence-corrected chi connectivity index (χ3v) is 3.61. The van der Waals surface area contributed by atoms with Gasteiger partial charge in [0.1, 0.15) is 17.8 Å². The highest BCUT2D eigenvalue weighted by Crippen LogP contribution is 2.19. The van der Waals surface area contributed by atoms with E-state index >= 15 is 0 Å². The van der Waals surface area contributed by atoms with Gasteiger partial charge in [-0.15, -0.1) is 0 Å². The first-order valence-electron chi connectivity index (χ1n) is 6.86. The number of halogens is 1. The summed E-state index contributed by atoms with van der Waals surface area (Å²) in [6, 6.07) is 9.00. The topological polar surface area (TPSA) is 58.1 Å². The molecular formula is C15H15ClN4O. The summed E-state index contributed by atoms with van der Waals surface area (Å²) in [4.78, 5) is 22.3. The number of hydrogen-bond donors (Lipinski definition) is 1. The molecule has 0 unspecified atom stereocenters. The highest BCUT2D eigenvalue weighted by molar-refractivity contribution is 6.30. The summed E-state index contributed by atoms with van der Waals surface area (Å²) in [6.45, 7) is 1.61. The van der Waals surface area contributed by atoms with E-state index in [1.165, 1.54) is 6.33 Å². The lowest BCUT2D eigenvalue weighted by molar-refractivity contribution is 0.0787. The van der Waals surface area contributed by atoms with Crippen LogP contribution in [0.3, 0.4) is 0 Å². The third-order valence-electron chi connectivity index (χ3n) is 3.38. The molecule has 0 atom stereocenters. The molecule has 1 fully saturated rings. The first-order valence-corrected chi connectivity index (χ1v) is 7.24. The van der Waals surface area contributed by atoms with Crippen LogP contribution in [0.5, 0.6) is 0 Å². The molecule has 1 amide bonds. The Balaban J connectivity index is 1.78. The molecule has 0 bridgehead atoms. The van der Waals surface area contributed by atoms with Crippen molar-refractivity contribution in [1.82, 2.24) is 14.9 Å². The molecule has 21 heavy (non-hydrogen) atoms. The fourth-order valence-corrected chi connectivity index (χ4v) is 2.53. The first kappa shape index (κ1) is 13.8. The Hall–Kier alpha value is -2.14. The van der Waals surface area contributed by atoms with Crippen LogP contribution in [0.2, 0.25) is 5.02 Å². The van der Waals surface area contributed by atoms with Gasteiger partial charge in [-0.25, -0.2) is 9.97 Å². The molecule has 3 rings (SSSR count). The summed E-state index contributed by atoms with van der Waals surface area (Å²) in [5.41, 5.74) is 1.23. The van der Waals surface area contributed by atoms with E-state index in [4.69, 9.17) is 11.6 Å². The van der Waals surface area contributed by atoms with E-state index in [0.717, 1.165) is 31.6 Å².